The van der Waals surface area contributed by atoms with Crippen LogP contribution in [0.3, 0.4) is 0 Å². The summed E-state index contributed by atoms with van der Waals surface area (Å²) in [7, 11) is 0. The Morgan fingerprint density at radius 2 is 2.06 bits per heavy atom. The monoisotopic (exact) mass is 282 g/mol. The van der Waals surface area contributed by atoms with Crippen molar-refractivity contribution in [1.29, 1.82) is 0 Å². The molecule has 0 atom stereocenters. The van der Waals surface area contributed by atoms with Crippen molar-refractivity contribution in [2.75, 3.05) is 0 Å². The predicted octanol–water partition coefficient (Wildman–Crippen LogP) is 3.96. The SMILES string of the molecule is c1sc(CSC2CCCCC2)nc1CNC1CC1. The Morgan fingerprint density at radius 3 is 2.83 bits per heavy atom. The molecule has 0 saturated heterocycles. The zero-order chi connectivity index (χ0) is 12.2. The molecule has 1 N–H and O–H groups in total. The summed E-state index contributed by atoms with van der Waals surface area (Å²) in [5, 5.41) is 7.97. The highest BCUT2D eigenvalue weighted by atomic mass is 32.2. The Kier molecular flexibility index (Phi) is 4.60. The van der Waals surface area contributed by atoms with Gasteiger partial charge in [0.15, 0.2) is 0 Å². The number of nitrogens with zero attached hydrogens (tertiary/aromatic N) is 1. The van der Waals surface area contributed by atoms with Gasteiger partial charge in [0.1, 0.15) is 5.01 Å². The van der Waals surface area contributed by atoms with Gasteiger partial charge in [0.05, 0.1) is 5.69 Å². The molecule has 2 aliphatic carbocycles. The Hall–Kier alpha value is -0.0600. The second-order valence-corrected chi connectivity index (χ2v) is 7.69. The summed E-state index contributed by atoms with van der Waals surface area (Å²) in [4.78, 5) is 4.73. The molecule has 0 bridgehead atoms. The summed E-state index contributed by atoms with van der Waals surface area (Å²) in [5.74, 6) is 1.12. The van der Waals surface area contributed by atoms with Gasteiger partial charge in [-0.2, -0.15) is 11.8 Å². The van der Waals surface area contributed by atoms with E-state index in [2.05, 4.69) is 22.5 Å². The van der Waals surface area contributed by atoms with Gasteiger partial charge in [0.2, 0.25) is 0 Å². The maximum atomic E-state index is 4.73. The van der Waals surface area contributed by atoms with Gasteiger partial charge in [-0.15, -0.1) is 11.3 Å². The lowest BCUT2D eigenvalue weighted by Crippen LogP contribution is -2.15. The number of aromatic nitrogens is 1. The molecule has 2 fully saturated rings. The van der Waals surface area contributed by atoms with Crippen LogP contribution < -0.4 is 5.32 Å². The summed E-state index contributed by atoms with van der Waals surface area (Å²) >= 11 is 3.97. The lowest BCUT2D eigenvalue weighted by Gasteiger charge is -2.20. The van der Waals surface area contributed by atoms with Gasteiger partial charge in [-0.05, 0) is 25.7 Å². The second-order valence-electron chi connectivity index (χ2n) is 5.46. The number of hydrogen-bond donors (Lipinski definition) is 1. The van der Waals surface area contributed by atoms with E-state index in [1.54, 1.807) is 0 Å². The summed E-state index contributed by atoms with van der Waals surface area (Å²) < 4.78 is 0. The van der Waals surface area contributed by atoms with Gasteiger partial charge >= 0.3 is 0 Å². The molecule has 2 saturated carbocycles. The minimum Gasteiger partial charge on any atom is -0.308 e. The van der Waals surface area contributed by atoms with Gasteiger partial charge in [-0.25, -0.2) is 4.98 Å². The molecule has 0 aromatic carbocycles. The van der Waals surface area contributed by atoms with E-state index in [-0.39, 0.29) is 0 Å². The molecule has 1 aromatic rings. The Morgan fingerprint density at radius 1 is 1.22 bits per heavy atom. The van der Waals surface area contributed by atoms with Crippen molar-refractivity contribution in [2.24, 2.45) is 0 Å². The first-order valence-corrected chi connectivity index (χ1v) is 9.11. The summed E-state index contributed by atoms with van der Waals surface area (Å²) in [6.07, 6.45) is 9.88. The van der Waals surface area contributed by atoms with Gasteiger partial charge in [0.25, 0.3) is 0 Å². The van der Waals surface area contributed by atoms with Crippen LogP contribution in [0.5, 0.6) is 0 Å². The highest BCUT2D eigenvalue weighted by Crippen LogP contribution is 2.31. The van der Waals surface area contributed by atoms with Crippen molar-refractivity contribution >= 4 is 23.1 Å². The number of thiazole rings is 1. The molecule has 0 radical (unpaired) electrons. The Bertz CT molecular complexity index is 368. The van der Waals surface area contributed by atoms with Crippen LogP contribution in [0.4, 0.5) is 0 Å². The van der Waals surface area contributed by atoms with Crippen molar-refractivity contribution in [3.63, 3.8) is 0 Å². The molecular weight excluding hydrogens is 260 g/mol. The van der Waals surface area contributed by atoms with Gasteiger partial charge in [0, 0.05) is 29.0 Å². The van der Waals surface area contributed by atoms with E-state index in [4.69, 9.17) is 4.98 Å². The first kappa shape index (κ1) is 12.9. The van der Waals surface area contributed by atoms with Crippen LogP contribution in [0.2, 0.25) is 0 Å². The van der Waals surface area contributed by atoms with Gasteiger partial charge in [-0.1, -0.05) is 19.3 Å². The van der Waals surface area contributed by atoms with E-state index >= 15 is 0 Å². The number of hydrogen-bond acceptors (Lipinski definition) is 4. The van der Waals surface area contributed by atoms with Crippen LogP contribution in [0, 0.1) is 0 Å². The van der Waals surface area contributed by atoms with Crippen LogP contribution in [0.25, 0.3) is 0 Å². The molecule has 18 heavy (non-hydrogen) atoms. The fourth-order valence-electron chi connectivity index (χ4n) is 2.45. The molecule has 100 valence electrons. The normalized spacial score (nSPS) is 21.3. The van der Waals surface area contributed by atoms with Crippen LogP contribution in [0.15, 0.2) is 5.38 Å². The van der Waals surface area contributed by atoms with E-state index in [9.17, 15) is 0 Å². The number of thioether (sulfide) groups is 1. The minimum absolute atomic E-state index is 0.784. The lowest BCUT2D eigenvalue weighted by molar-refractivity contribution is 0.516. The van der Waals surface area contributed by atoms with E-state index < -0.39 is 0 Å². The van der Waals surface area contributed by atoms with Crippen LogP contribution in [0.1, 0.15) is 55.6 Å². The summed E-state index contributed by atoms with van der Waals surface area (Å²) in [6, 6.07) is 0.784. The molecule has 2 nitrogen and oxygen atoms in total. The molecule has 3 rings (SSSR count). The third kappa shape index (κ3) is 3.97. The van der Waals surface area contributed by atoms with Crippen LogP contribution in [-0.2, 0) is 12.3 Å². The van der Waals surface area contributed by atoms with E-state index in [1.165, 1.54) is 55.6 Å². The third-order valence-corrected chi connectivity index (χ3v) is 6.21. The zero-order valence-electron chi connectivity index (χ0n) is 10.9. The zero-order valence-corrected chi connectivity index (χ0v) is 12.5. The van der Waals surface area contributed by atoms with Gasteiger partial charge < -0.3 is 5.32 Å². The van der Waals surface area contributed by atoms with E-state index in [1.807, 2.05) is 11.3 Å². The number of nitrogens with one attached hydrogen (secondary N) is 1. The smallest absolute Gasteiger partial charge is 0.103 e. The van der Waals surface area contributed by atoms with Crippen molar-refractivity contribution in [3.05, 3.63) is 16.1 Å². The predicted molar refractivity (Wildman–Crippen MR) is 80.1 cm³/mol. The Labute approximate surface area is 118 Å². The van der Waals surface area contributed by atoms with Crippen molar-refractivity contribution in [2.45, 2.75) is 68.5 Å². The molecule has 0 unspecified atom stereocenters. The molecule has 4 heteroatoms. The first-order valence-electron chi connectivity index (χ1n) is 7.18. The van der Waals surface area contributed by atoms with Crippen molar-refractivity contribution in [3.8, 4) is 0 Å². The fourth-order valence-corrected chi connectivity index (χ4v) is 4.62. The largest absolute Gasteiger partial charge is 0.308 e. The number of rotatable bonds is 6. The van der Waals surface area contributed by atoms with Crippen LogP contribution in [-0.4, -0.2) is 16.3 Å². The topological polar surface area (TPSA) is 24.9 Å². The highest BCUT2D eigenvalue weighted by Gasteiger charge is 2.20. The summed E-state index contributed by atoms with van der Waals surface area (Å²) in [6.45, 7) is 0.968. The maximum Gasteiger partial charge on any atom is 0.103 e. The van der Waals surface area contributed by atoms with E-state index in [0.29, 0.717) is 0 Å². The second kappa shape index (κ2) is 6.40. The molecule has 0 aliphatic heterocycles. The van der Waals surface area contributed by atoms with Crippen molar-refractivity contribution < 1.29 is 0 Å². The molecule has 2 aliphatic rings. The maximum absolute atomic E-state index is 4.73. The minimum atomic E-state index is 0.784. The molecule has 0 spiro atoms. The standard InChI is InChI=1S/C14H22N2S2/c1-2-4-13(5-3-1)17-10-14-16-12(9-18-14)8-15-11-6-7-11/h9,11,13,15H,1-8,10H2. The molecule has 1 aromatic heterocycles. The molecule has 0 amide bonds. The van der Waals surface area contributed by atoms with E-state index in [0.717, 1.165) is 23.6 Å². The summed E-state index contributed by atoms with van der Waals surface area (Å²) in [5.41, 5.74) is 1.24. The molecule has 1 heterocycles. The van der Waals surface area contributed by atoms with Gasteiger partial charge in [-0.3, -0.25) is 0 Å². The van der Waals surface area contributed by atoms with Crippen molar-refractivity contribution in [1.82, 2.24) is 10.3 Å². The quantitative estimate of drug-likeness (QED) is 0.855. The first-order chi connectivity index (χ1) is 8.90. The average molecular weight is 282 g/mol. The Balaban J connectivity index is 1.41. The molecular formula is C14H22N2S2. The fraction of sp³-hybridized carbons (Fsp3) is 0.786. The van der Waals surface area contributed by atoms with Crippen LogP contribution >= 0.6 is 23.1 Å². The third-order valence-electron chi connectivity index (χ3n) is 3.74. The lowest BCUT2D eigenvalue weighted by atomic mass is 10.0. The average Bonchev–Trinajstić information content (AvgIpc) is 3.14. The highest BCUT2D eigenvalue weighted by molar-refractivity contribution is 7.99.